The second-order valence-electron chi connectivity index (χ2n) is 4.72. The van der Waals surface area contributed by atoms with Crippen LogP contribution in [0, 0.1) is 0 Å². The Hall–Kier alpha value is -1.29. The standard InChI is InChI=1S/C16H20ClNO2/c1-12(11-18-9-10-19-2)20-16-8-7-15(17)13-5-3-4-6-14(13)16/h3-8,12,18H,9-11H2,1-2H3. The highest BCUT2D eigenvalue weighted by Crippen LogP contribution is 2.31. The van der Waals surface area contributed by atoms with E-state index in [1.54, 1.807) is 7.11 Å². The summed E-state index contributed by atoms with van der Waals surface area (Å²) in [7, 11) is 1.70. The van der Waals surface area contributed by atoms with Gasteiger partial charge < -0.3 is 14.8 Å². The van der Waals surface area contributed by atoms with E-state index in [1.807, 2.05) is 43.3 Å². The van der Waals surface area contributed by atoms with Gasteiger partial charge in [0.2, 0.25) is 0 Å². The maximum atomic E-state index is 6.20. The summed E-state index contributed by atoms with van der Waals surface area (Å²) in [6.07, 6.45) is 0.0800. The van der Waals surface area contributed by atoms with Gasteiger partial charge in [-0.3, -0.25) is 0 Å². The highest BCUT2D eigenvalue weighted by atomic mass is 35.5. The Bertz CT molecular complexity index is 559. The molecule has 1 atom stereocenters. The van der Waals surface area contributed by atoms with E-state index in [0.717, 1.165) is 34.6 Å². The summed E-state index contributed by atoms with van der Waals surface area (Å²) < 4.78 is 11.0. The predicted octanol–water partition coefficient (Wildman–Crippen LogP) is 3.50. The van der Waals surface area contributed by atoms with Gasteiger partial charge in [0.15, 0.2) is 0 Å². The minimum absolute atomic E-state index is 0.0800. The van der Waals surface area contributed by atoms with Crippen LogP contribution in [0.4, 0.5) is 0 Å². The molecule has 2 aromatic carbocycles. The van der Waals surface area contributed by atoms with Gasteiger partial charge in [-0.25, -0.2) is 0 Å². The smallest absolute Gasteiger partial charge is 0.127 e. The molecule has 0 amide bonds. The van der Waals surface area contributed by atoms with Crippen molar-refractivity contribution in [3.63, 3.8) is 0 Å². The Morgan fingerprint density at radius 3 is 2.65 bits per heavy atom. The third kappa shape index (κ3) is 3.85. The van der Waals surface area contributed by atoms with Gasteiger partial charge >= 0.3 is 0 Å². The van der Waals surface area contributed by atoms with Crippen molar-refractivity contribution in [2.45, 2.75) is 13.0 Å². The van der Waals surface area contributed by atoms with E-state index in [4.69, 9.17) is 21.1 Å². The van der Waals surface area contributed by atoms with Crippen LogP contribution in [0.15, 0.2) is 36.4 Å². The first kappa shape index (κ1) is 15.1. The fourth-order valence-corrected chi connectivity index (χ4v) is 2.30. The minimum atomic E-state index is 0.0800. The molecule has 0 aromatic heterocycles. The highest BCUT2D eigenvalue weighted by molar-refractivity contribution is 6.35. The first-order valence-corrected chi connectivity index (χ1v) is 7.13. The van der Waals surface area contributed by atoms with Crippen molar-refractivity contribution in [2.24, 2.45) is 0 Å². The molecule has 0 heterocycles. The number of ether oxygens (including phenoxy) is 2. The third-order valence-electron chi connectivity index (χ3n) is 3.07. The highest BCUT2D eigenvalue weighted by Gasteiger charge is 2.08. The fourth-order valence-electron chi connectivity index (χ4n) is 2.08. The summed E-state index contributed by atoms with van der Waals surface area (Å²) in [5.74, 6) is 0.867. The van der Waals surface area contributed by atoms with Crippen molar-refractivity contribution in [1.29, 1.82) is 0 Å². The minimum Gasteiger partial charge on any atom is -0.489 e. The number of hydrogen-bond donors (Lipinski definition) is 1. The van der Waals surface area contributed by atoms with E-state index in [-0.39, 0.29) is 6.10 Å². The van der Waals surface area contributed by atoms with E-state index in [9.17, 15) is 0 Å². The van der Waals surface area contributed by atoms with Gasteiger partial charge in [-0.1, -0.05) is 35.9 Å². The van der Waals surface area contributed by atoms with Crippen molar-refractivity contribution in [3.05, 3.63) is 41.4 Å². The van der Waals surface area contributed by atoms with Gasteiger partial charge in [0.05, 0.1) is 6.61 Å². The van der Waals surface area contributed by atoms with Gasteiger partial charge in [-0.05, 0) is 19.1 Å². The van der Waals surface area contributed by atoms with Crippen LogP contribution in [0.1, 0.15) is 6.92 Å². The molecule has 0 aliphatic carbocycles. The molecule has 0 bridgehead atoms. The van der Waals surface area contributed by atoms with Crippen molar-refractivity contribution in [1.82, 2.24) is 5.32 Å². The Morgan fingerprint density at radius 2 is 1.90 bits per heavy atom. The summed E-state index contributed by atoms with van der Waals surface area (Å²) in [5, 5.41) is 6.10. The molecule has 2 aromatic rings. The molecule has 0 fully saturated rings. The third-order valence-corrected chi connectivity index (χ3v) is 3.40. The monoisotopic (exact) mass is 293 g/mol. The largest absolute Gasteiger partial charge is 0.489 e. The molecule has 0 saturated heterocycles. The average molecular weight is 294 g/mol. The van der Waals surface area contributed by atoms with Gasteiger partial charge in [0, 0.05) is 36.0 Å². The average Bonchev–Trinajstić information content (AvgIpc) is 2.47. The van der Waals surface area contributed by atoms with E-state index >= 15 is 0 Å². The number of halogens is 1. The van der Waals surface area contributed by atoms with Gasteiger partial charge in [-0.2, -0.15) is 0 Å². The number of fused-ring (bicyclic) bond motifs is 1. The Labute approximate surface area is 124 Å². The molecule has 0 aliphatic rings. The quantitative estimate of drug-likeness (QED) is 0.793. The number of benzene rings is 2. The summed E-state index contributed by atoms with van der Waals surface area (Å²) in [6, 6.07) is 11.8. The second-order valence-corrected chi connectivity index (χ2v) is 5.12. The molecule has 20 heavy (non-hydrogen) atoms. The number of nitrogens with one attached hydrogen (secondary N) is 1. The normalized spacial score (nSPS) is 12.6. The zero-order chi connectivity index (χ0) is 14.4. The summed E-state index contributed by atoms with van der Waals surface area (Å²) >= 11 is 6.20. The molecule has 0 spiro atoms. The van der Waals surface area contributed by atoms with Gasteiger partial charge in [0.1, 0.15) is 11.9 Å². The topological polar surface area (TPSA) is 30.5 Å². The fraction of sp³-hybridized carbons (Fsp3) is 0.375. The Morgan fingerprint density at radius 1 is 1.15 bits per heavy atom. The first-order valence-electron chi connectivity index (χ1n) is 6.76. The first-order chi connectivity index (χ1) is 9.72. The second kappa shape index (κ2) is 7.48. The number of hydrogen-bond acceptors (Lipinski definition) is 3. The molecular formula is C16H20ClNO2. The molecule has 108 valence electrons. The van der Waals surface area contributed by atoms with Crippen LogP contribution in [-0.2, 0) is 4.74 Å². The van der Waals surface area contributed by atoms with E-state index in [1.165, 1.54) is 0 Å². The lowest BCUT2D eigenvalue weighted by molar-refractivity contribution is 0.185. The van der Waals surface area contributed by atoms with E-state index in [0.29, 0.717) is 6.61 Å². The molecule has 1 unspecified atom stereocenters. The lowest BCUT2D eigenvalue weighted by Crippen LogP contribution is -2.31. The van der Waals surface area contributed by atoms with Crippen molar-refractivity contribution in [3.8, 4) is 5.75 Å². The van der Waals surface area contributed by atoms with Crippen LogP contribution in [0.5, 0.6) is 5.75 Å². The number of methoxy groups -OCH3 is 1. The maximum Gasteiger partial charge on any atom is 0.127 e. The van der Waals surface area contributed by atoms with E-state index in [2.05, 4.69) is 5.32 Å². The molecule has 3 nitrogen and oxygen atoms in total. The molecule has 0 radical (unpaired) electrons. The Balaban J connectivity index is 2.04. The van der Waals surface area contributed by atoms with Crippen LogP contribution in [0.2, 0.25) is 5.02 Å². The van der Waals surface area contributed by atoms with Crippen LogP contribution in [0.3, 0.4) is 0 Å². The maximum absolute atomic E-state index is 6.20. The molecular weight excluding hydrogens is 274 g/mol. The molecule has 1 N–H and O–H groups in total. The summed E-state index contributed by atoms with van der Waals surface area (Å²) in [5.41, 5.74) is 0. The van der Waals surface area contributed by atoms with Crippen LogP contribution in [-0.4, -0.2) is 32.9 Å². The van der Waals surface area contributed by atoms with Crippen LogP contribution < -0.4 is 10.1 Å². The van der Waals surface area contributed by atoms with Crippen molar-refractivity contribution >= 4 is 22.4 Å². The molecule has 2 rings (SSSR count). The molecule has 0 saturated carbocycles. The van der Waals surface area contributed by atoms with E-state index < -0.39 is 0 Å². The number of rotatable bonds is 7. The zero-order valence-electron chi connectivity index (χ0n) is 11.9. The van der Waals surface area contributed by atoms with Crippen LogP contribution in [0.25, 0.3) is 10.8 Å². The summed E-state index contributed by atoms with van der Waals surface area (Å²) in [6.45, 7) is 4.35. The van der Waals surface area contributed by atoms with Gasteiger partial charge in [-0.15, -0.1) is 0 Å². The summed E-state index contributed by atoms with van der Waals surface area (Å²) in [4.78, 5) is 0. The molecule has 0 aliphatic heterocycles. The SMILES string of the molecule is COCCNCC(C)Oc1ccc(Cl)c2ccccc12. The van der Waals surface area contributed by atoms with Crippen LogP contribution >= 0.6 is 11.6 Å². The lowest BCUT2D eigenvalue weighted by Gasteiger charge is -2.17. The zero-order valence-corrected chi connectivity index (χ0v) is 12.6. The Kier molecular flexibility index (Phi) is 5.65. The predicted molar refractivity (Wildman–Crippen MR) is 83.8 cm³/mol. The van der Waals surface area contributed by atoms with Crippen molar-refractivity contribution < 1.29 is 9.47 Å². The van der Waals surface area contributed by atoms with Gasteiger partial charge in [0.25, 0.3) is 0 Å². The lowest BCUT2D eigenvalue weighted by atomic mass is 10.1. The molecule has 4 heteroatoms. The van der Waals surface area contributed by atoms with Crippen molar-refractivity contribution in [2.75, 3.05) is 26.8 Å².